The van der Waals surface area contributed by atoms with E-state index in [0.717, 1.165) is 12.8 Å². The number of aliphatic carboxylic acids is 1. The summed E-state index contributed by atoms with van der Waals surface area (Å²) in [4.78, 5) is 20.3. The molecule has 4 nitrogen and oxygen atoms in total. The summed E-state index contributed by atoms with van der Waals surface area (Å²) in [5.74, 6) is -0.705. The van der Waals surface area contributed by atoms with Gasteiger partial charge < -0.3 is 9.84 Å². The second-order valence-electron chi connectivity index (χ2n) is 3.80. The Labute approximate surface area is 95.6 Å². The van der Waals surface area contributed by atoms with Gasteiger partial charge in [-0.05, 0) is 18.8 Å². The molecule has 0 spiro atoms. The van der Waals surface area contributed by atoms with Crippen LogP contribution in [-0.2, 0) is 14.3 Å². The highest BCUT2D eigenvalue weighted by atomic mass is 16.5. The van der Waals surface area contributed by atoms with Crippen LogP contribution in [0.4, 0.5) is 0 Å². The summed E-state index contributed by atoms with van der Waals surface area (Å²) < 4.78 is 4.70. The molecule has 1 aliphatic rings. The molecule has 0 amide bonds. The molecule has 0 atom stereocenters. The highest BCUT2D eigenvalue weighted by molar-refractivity contribution is 5.87. The van der Waals surface area contributed by atoms with Crippen molar-refractivity contribution in [2.45, 2.75) is 26.7 Å². The van der Waals surface area contributed by atoms with Gasteiger partial charge in [0.15, 0.2) is 0 Å². The van der Waals surface area contributed by atoms with E-state index in [0.29, 0.717) is 18.1 Å². The number of carboxylic acid groups (broad SMARTS) is 1. The SMILES string of the molecule is C=CC(=O)OCC(C)C.O=C(O)C1=CCC1. The molecule has 0 fully saturated rings. The van der Waals surface area contributed by atoms with Crippen molar-refractivity contribution in [3.05, 3.63) is 24.3 Å². The summed E-state index contributed by atoms with van der Waals surface area (Å²) in [7, 11) is 0. The van der Waals surface area contributed by atoms with Gasteiger partial charge in [-0.3, -0.25) is 0 Å². The molecule has 0 unspecified atom stereocenters. The van der Waals surface area contributed by atoms with E-state index >= 15 is 0 Å². The zero-order valence-electron chi connectivity index (χ0n) is 9.73. The van der Waals surface area contributed by atoms with Crippen molar-refractivity contribution in [1.82, 2.24) is 0 Å². The Balaban J connectivity index is 0.000000288. The number of carbonyl (C=O) groups excluding carboxylic acids is 1. The largest absolute Gasteiger partial charge is 0.478 e. The Morgan fingerprint density at radius 3 is 2.38 bits per heavy atom. The van der Waals surface area contributed by atoms with Gasteiger partial charge in [-0.25, -0.2) is 9.59 Å². The average molecular weight is 226 g/mol. The summed E-state index contributed by atoms with van der Waals surface area (Å²) in [5.41, 5.74) is 0.569. The molecule has 1 aliphatic carbocycles. The Kier molecular flexibility index (Phi) is 6.92. The van der Waals surface area contributed by atoms with Crippen molar-refractivity contribution in [2.24, 2.45) is 5.92 Å². The molecule has 0 aliphatic heterocycles. The van der Waals surface area contributed by atoms with E-state index in [1.54, 1.807) is 6.08 Å². The molecule has 0 heterocycles. The molecular formula is C12H18O4. The number of carboxylic acids is 1. The van der Waals surface area contributed by atoms with Crippen molar-refractivity contribution < 1.29 is 19.4 Å². The predicted molar refractivity (Wildman–Crippen MR) is 60.9 cm³/mol. The lowest BCUT2D eigenvalue weighted by molar-refractivity contribution is -0.138. The number of carbonyl (C=O) groups is 2. The van der Waals surface area contributed by atoms with Crippen LogP contribution >= 0.6 is 0 Å². The van der Waals surface area contributed by atoms with Gasteiger partial charge in [0.1, 0.15) is 0 Å². The number of rotatable bonds is 4. The third-order valence-corrected chi connectivity index (χ3v) is 1.80. The smallest absolute Gasteiger partial charge is 0.331 e. The molecule has 0 saturated heterocycles. The maximum atomic E-state index is 10.4. The predicted octanol–water partition coefficient (Wildman–Crippen LogP) is 2.16. The van der Waals surface area contributed by atoms with E-state index in [-0.39, 0.29) is 5.97 Å². The van der Waals surface area contributed by atoms with E-state index in [9.17, 15) is 9.59 Å². The zero-order chi connectivity index (χ0) is 12.6. The van der Waals surface area contributed by atoms with Gasteiger partial charge in [0.25, 0.3) is 0 Å². The fourth-order valence-electron chi connectivity index (χ4n) is 0.791. The van der Waals surface area contributed by atoms with Crippen molar-refractivity contribution in [3.8, 4) is 0 Å². The van der Waals surface area contributed by atoms with Crippen LogP contribution in [0.5, 0.6) is 0 Å². The molecule has 1 rings (SSSR count). The van der Waals surface area contributed by atoms with Crippen LogP contribution in [0.3, 0.4) is 0 Å². The Morgan fingerprint density at radius 2 is 2.19 bits per heavy atom. The maximum absolute atomic E-state index is 10.4. The average Bonchev–Trinajstić information content (AvgIpc) is 2.11. The van der Waals surface area contributed by atoms with Crippen LogP contribution < -0.4 is 0 Å². The number of hydrogen-bond donors (Lipinski definition) is 1. The second kappa shape index (κ2) is 7.68. The summed E-state index contributed by atoms with van der Waals surface area (Å²) >= 11 is 0. The molecular weight excluding hydrogens is 208 g/mol. The van der Waals surface area contributed by atoms with Gasteiger partial charge in [0.2, 0.25) is 0 Å². The molecule has 0 bridgehead atoms. The first kappa shape index (κ1) is 14.4. The Bertz CT molecular complexity index is 289. The van der Waals surface area contributed by atoms with Crippen molar-refractivity contribution >= 4 is 11.9 Å². The monoisotopic (exact) mass is 226 g/mol. The summed E-state index contributed by atoms with van der Waals surface area (Å²) in [6.07, 6.45) is 4.61. The number of esters is 1. The second-order valence-corrected chi connectivity index (χ2v) is 3.80. The van der Waals surface area contributed by atoms with Crippen molar-refractivity contribution in [2.75, 3.05) is 6.61 Å². The lowest BCUT2D eigenvalue weighted by Gasteiger charge is -2.06. The van der Waals surface area contributed by atoms with E-state index in [1.807, 2.05) is 13.8 Å². The summed E-state index contributed by atoms with van der Waals surface area (Å²) in [6, 6.07) is 0. The first-order valence-corrected chi connectivity index (χ1v) is 5.19. The van der Waals surface area contributed by atoms with Crippen LogP contribution in [0, 0.1) is 5.92 Å². The van der Waals surface area contributed by atoms with E-state index in [2.05, 4.69) is 6.58 Å². The van der Waals surface area contributed by atoms with E-state index in [1.165, 1.54) is 6.08 Å². The molecule has 0 saturated carbocycles. The van der Waals surface area contributed by atoms with Gasteiger partial charge in [-0.2, -0.15) is 0 Å². The standard InChI is InChI=1S/C7H12O2.C5H6O2/c1-4-7(8)9-5-6(2)3;6-5(7)4-2-1-3-4/h4,6H,1,5H2,2-3H3;2H,1,3H2,(H,6,7). The van der Waals surface area contributed by atoms with Crippen LogP contribution in [0.1, 0.15) is 26.7 Å². The molecule has 16 heavy (non-hydrogen) atoms. The van der Waals surface area contributed by atoms with Gasteiger partial charge in [0.05, 0.1) is 6.61 Å². The van der Waals surface area contributed by atoms with Crippen LogP contribution in [0.25, 0.3) is 0 Å². The lowest BCUT2D eigenvalue weighted by Crippen LogP contribution is -2.06. The van der Waals surface area contributed by atoms with Gasteiger partial charge in [-0.15, -0.1) is 0 Å². The highest BCUT2D eigenvalue weighted by Gasteiger charge is 2.11. The summed E-state index contributed by atoms with van der Waals surface area (Å²) in [5, 5.41) is 8.16. The maximum Gasteiger partial charge on any atom is 0.331 e. The zero-order valence-corrected chi connectivity index (χ0v) is 9.73. The Morgan fingerprint density at radius 1 is 1.62 bits per heavy atom. The minimum Gasteiger partial charge on any atom is -0.478 e. The van der Waals surface area contributed by atoms with Crippen molar-refractivity contribution in [1.29, 1.82) is 0 Å². The van der Waals surface area contributed by atoms with Gasteiger partial charge >= 0.3 is 11.9 Å². The highest BCUT2D eigenvalue weighted by Crippen LogP contribution is 2.16. The minimum atomic E-state index is -0.758. The number of hydrogen-bond acceptors (Lipinski definition) is 3. The molecule has 0 aromatic rings. The first-order valence-electron chi connectivity index (χ1n) is 5.19. The molecule has 0 aromatic carbocycles. The van der Waals surface area contributed by atoms with Gasteiger partial charge in [-0.1, -0.05) is 26.5 Å². The topological polar surface area (TPSA) is 63.6 Å². The first-order chi connectivity index (χ1) is 7.47. The van der Waals surface area contributed by atoms with Crippen LogP contribution in [0.2, 0.25) is 0 Å². The Hall–Kier alpha value is -1.58. The quantitative estimate of drug-likeness (QED) is 0.589. The molecule has 1 N–H and O–H groups in total. The fourth-order valence-corrected chi connectivity index (χ4v) is 0.791. The van der Waals surface area contributed by atoms with Gasteiger partial charge in [0, 0.05) is 11.6 Å². The fraction of sp³-hybridized carbons (Fsp3) is 0.500. The van der Waals surface area contributed by atoms with E-state index < -0.39 is 5.97 Å². The van der Waals surface area contributed by atoms with E-state index in [4.69, 9.17) is 9.84 Å². The number of ether oxygens (including phenoxy) is 1. The normalized spacial score (nSPS) is 12.8. The van der Waals surface area contributed by atoms with Crippen molar-refractivity contribution in [3.63, 3.8) is 0 Å². The molecule has 0 aromatic heterocycles. The van der Waals surface area contributed by atoms with Crippen LogP contribution in [-0.4, -0.2) is 23.7 Å². The number of allylic oxidation sites excluding steroid dienone is 1. The third-order valence-electron chi connectivity index (χ3n) is 1.80. The molecule has 0 radical (unpaired) electrons. The van der Waals surface area contributed by atoms with Crippen LogP contribution in [0.15, 0.2) is 24.3 Å². The third kappa shape index (κ3) is 6.81. The summed E-state index contributed by atoms with van der Waals surface area (Å²) in [6.45, 7) is 7.71. The molecule has 90 valence electrons. The minimum absolute atomic E-state index is 0.344. The lowest BCUT2D eigenvalue weighted by atomic mass is 10.00. The molecule has 4 heteroatoms.